The first kappa shape index (κ1) is 11.0. The summed E-state index contributed by atoms with van der Waals surface area (Å²) >= 11 is 5.47. The summed E-state index contributed by atoms with van der Waals surface area (Å²) in [4.78, 5) is 0. The van der Waals surface area contributed by atoms with Crippen LogP contribution in [0.15, 0.2) is 12.1 Å². The molecule has 0 aliphatic rings. The predicted molar refractivity (Wildman–Crippen MR) is 47.4 cm³/mol. The third-order valence-corrected chi connectivity index (χ3v) is 1.85. The van der Waals surface area contributed by atoms with Crippen molar-refractivity contribution in [3.8, 4) is 5.75 Å². The summed E-state index contributed by atoms with van der Waals surface area (Å²) in [5, 5.41) is -0.0663. The maximum absolute atomic E-state index is 12.4. The summed E-state index contributed by atoms with van der Waals surface area (Å²) in [6.45, 7) is 0. The third kappa shape index (κ3) is 2.04. The van der Waals surface area contributed by atoms with E-state index in [1.807, 2.05) is 0 Å². The highest BCUT2D eigenvalue weighted by atomic mass is 35.5. The zero-order valence-corrected chi connectivity index (χ0v) is 7.91. The van der Waals surface area contributed by atoms with Crippen LogP contribution in [0.25, 0.3) is 0 Å². The zero-order chi connectivity index (χ0) is 10.9. The van der Waals surface area contributed by atoms with Crippen molar-refractivity contribution >= 4 is 17.3 Å². The van der Waals surface area contributed by atoms with Crippen LogP contribution in [0.1, 0.15) is 5.56 Å². The molecule has 14 heavy (non-hydrogen) atoms. The van der Waals surface area contributed by atoms with Gasteiger partial charge in [0.2, 0.25) is 0 Å². The lowest BCUT2D eigenvalue weighted by Crippen LogP contribution is -2.09. The van der Waals surface area contributed by atoms with Crippen LogP contribution in [-0.2, 0) is 6.18 Å². The highest BCUT2D eigenvalue weighted by Gasteiger charge is 2.34. The summed E-state index contributed by atoms with van der Waals surface area (Å²) in [5.74, 6) is -0.0789. The Hall–Kier alpha value is -1.10. The first-order chi connectivity index (χ1) is 6.36. The van der Waals surface area contributed by atoms with E-state index in [9.17, 15) is 13.2 Å². The lowest BCUT2D eigenvalue weighted by atomic mass is 10.1. The second-order valence-electron chi connectivity index (χ2n) is 2.57. The first-order valence-corrected chi connectivity index (χ1v) is 3.94. The van der Waals surface area contributed by atoms with Gasteiger partial charge in [-0.15, -0.1) is 0 Å². The van der Waals surface area contributed by atoms with Crippen LogP contribution >= 0.6 is 11.6 Å². The van der Waals surface area contributed by atoms with Crippen molar-refractivity contribution in [1.29, 1.82) is 0 Å². The minimum absolute atomic E-state index is 0.0663. The fourth-order valence-corrected chi connectivity index (χ4v) is 1.20. The van der Waals surface area contributed by atoms with Crippen LogP contribution in [0.3, 0.4) is 0 Å². The van der Waals surface area contributed by atoms with E-state index in [2.05, 4.69) is 4.74 Å². The van der Waals surface area contributed by atoms with Gasteiger partial charge in [-0.2, -0.15) is 13.2 Å². The maximum Gasteiger partial charge on any atom is 0.418 e. The second-order valence-corrected chi connectivity index (χ2v) is 3.00. The van der Waals surface area contributed by atoms with Crippen LogP contribution in [-0.4, -0.2) is 7.11 Å². The average Bonchev–Trinajstić information content (AvgIpc) is 2.06. The van der Waals surface area contributed by atoms with Crippen molar-refractivity contribution in [3.05, 3.63) is 22.7 Å². The molecule has 0 amide bonds. The molecule has 0 saturated heterocycles. The van der Waals surface area contributed by atoms with Gasteiger partial charge >= 0.3 is 6.18 Å². The molecule has 0 spiro atoms. The molecule has 2 N–H and O–H groups in total. The van der Waals surface area contributed by atoms with Crippen molar-refractivity contribution in [2.45, 2.75) is 6.18 Å². The lowest BCUT2D eigenvalue weighted by molar-refractivity contribution is -0.137. The molecule has 0 aliphatic heterocycles. The van der Waals surface area contributed by atoms with E-state index in [-0.39, 0.29) is 10.8 Å². The molecule has 1 aromatic carbocycles. The topological polar surface area (TPSA) is 35.2 Å². The Bertz CT molecular complexity index is 351. The number of ether oxygens (including phenoxy) is 1. The van der Waals surface area contributed by atoms with E-state index in [1.165, 1.54) is 13.2 Å². The van der Waals surface area contributed by atoms with E-state index in [0.717, 1.165) is 6.07 Å². The standard InChI is InChI=1S/C8H7ClF3NO/c1-14-6-3-4(9)2-5(7(6)13)8(10,11)12/h2-3H,13H2,1H3. The summed E-state index contributed by atoms with van der Waals surface area (Å²) < 4.78 is 41.7. The van der Waals surface area contributed by atoms with Gasteiger partial charge in [-0.25, -0.2) is 0 Å². The summed E-state index contributed by atoms with van der Waals surface area (Å²) in [5.41, 5.74) is 3.81. The van der Waals surface area contributed by atoms with Crippen LogP contribution in [0, 0.1) is 0 Å². The van der Waals surface area contributed by atoms with Gasteiger partial charge in [0.15, 0.2) is 0 Å². The molecule has 0 aromatic heterocycles. The van der Waals surface area contributed by atoms with Gasteiger partial charge in [-0.05, 0) is 6.07 Å². The van der Waals surface area contributed by atoms with Gasteiger partial charge < -0.3 is 10.5 Å². The Labute approximate surface area is 83.4 Å². The molecule has 0 radical (unpaired) electrons. The highest BCUT2D eigenvalue weighted by molar-refractivity contribution is 6.31. The van der Waals surface area contributed by atoms with Crippen molar-refractivity contribution in [2.24, 2.45) is 0 Å². The van der Waals surface area contributed by atoms with E-state index in [0.29, 0.717) is 0 Å². The smallest absolute Gasteiger partial charge is 0.418 e. The van der Waals surface area contributed by atoms with Gasteiger partial charge in [0.1, 0.15) is 5.75 Å². The van der Waals surface area contributed by atoms with E-state index in [4.69, 9.17) is 17.3 Å². The van der Waals surface area contributed by atoms with E-state index >= 15 is 0 Å². The Balaban J connectivity index is 3.37. The molecule has 0 bridgehead atoms. The SMILES string of the molecule is COc1cc(Cl)cc(C(F)(F)F)c1N. The third-order valence-electron chi connectivity index (χ3n) is 1.63. The fourth-order valence-electron chi connectivity index (χ4n) is 0.996. The number of nitrogens with two attached hydrogens (primary N) is 1. The van der Waals surface area contributed by atoms with Crippen molar-refractivity contribution < 1.29 is 17.9 Å². The van der Waals surface area contributed by atoms with Crippen molar-refractivity contribution in [3.63, 3.8) is 0 Å². The molecule has 1 rings (SSSR count). The molecule has 0 atom stereocenters. The minimum atomic E-state index is -4.53. The van der Waals surface area contributed by atoms with E-state index < -0.39 is 17.4 Å². The number of rotatable bonds is 1. The number of hydrogen-bond acceptors (Lipinski definition) is 2. The van der Waals surface area contributed by atoms with Crippen molar-refractivity contribution in [2.75, 3.05) is 12.8 Å². The Morgan fingerprint density at radius 2 is 1.93 bits per heavy atom. The number of benzene rings is 1. The van der Waals surface area contributed by atoms with Crippen molar-refractivity contribution in [1.82, 2.24) is 0 Å². The summed E-state index contributed by atoms with van der Waals surface area (Å²) in [6.07, 6.45) is -4.53. The van der Waals surface area contributed by atoms with Crippen LogP contribution in [0.5, 0.6) is 5.75 Å². The second kappa shape index (κ2) is 3.57. The monoisotopic (exact) mass is 225 g/mol. The maximum atomic E-state index is 12.4. The molecular weight excluding hydrogens is 219 g/mol. The number of nitrogen functional groups attached to an aromatic ring is 1. The Kier molecular flexibility index (Phi) is 2.80. The number of halogens is 4. The van der Waals surface area contributed by atoms with Gasteiger partial charge in [-0.3, -0.25) is 0 Å². The number of alkyl halides is 3. The summed E-state index contributed by atoms with van der Waals surface area (Å²) in [7, 11) is 1.22. The minimum Gasteiger partial charge on any atom is -0.495 e. The molecule has 0 fully saturated rings. The fraction of sp³-hybridized carbons (Fsp3) is 0.250. The normalized spacial score (nSPS) is 11.5. The lowest BCUT2D eigenvalue weighted by Gasteiger charge is -2.13. The van der Waals surface area contributed by atoms with Gasteiger partial charge in [0.25, 0.3) is 0 Å². The predicted octanol–water partition coefficient (Wildman–Crippen LogP) is 2.95. The first-order valence-electron chi connectivity index (χ1n) is 3.56. The van der Waals surface area contributed by atoms with E-state index in [1.54, 1.807) is 0 Å². The summed E-state index contributed by atoms with van der Waals surface area (Å²) in [6, 6.07) is 1.99. The highest BCUT2D eigenvalue weighted by Crippen LogP contribution is 2.39. The Morgan fingerprint density at radius 3 is 2.36 bits per heavy atom. The van der Waals surface area contributed by atoms with Gasteiger partial charge in [0.05, 0.1) is 18.4 Å². The van der Waals surface area contributed by atoms with Crippen LogP contribution < -0.4 is 10.5 Å². The molecule has 1 aromatic rings. The molecule has 0 unspecified atom stereocenters. The molecule has 0 heterocycles. The molecule has 2 nitrogen and oxygen atoms in total. The zero-order valence-electron chi connectivity index (χ0n) is 7.15. The largest absolute Gasteiger partial charge is 0.495 e. The molecular formula is C8H7ClF3NO. The average molecular weight is 226 g/mol. The molecule has 0 aliphatic carbocycles. The number of anilines is 1. The number of hydrogen-bond donors (Lipinski definition) is 1. The van der Waals surface area contributed by atoms with Gasteiger partial charge in [-0.1, -0.05) is 11.6 Å². The molecule has 78 valence electrons. The number of methoxy groups -OCH3 is 1. The van der Waals surface area contributed by atoms with Gasteiger partial charge in [0, 0.05) is 11.1 Å². The molecule has 6 heteroatoms. The van der Waals surface area contributed by atoms with Crippen LogP contribution in [0.2, 0.25) is 5.02 Å². The Morgan fingerprint density at radius 1 is 1.36 bits per heavy atom. The molecule has 0 saturated carbocycles. The quantitative estimate of drug-likeness (QED) is 0.746. The van der Waals surface area contributed by atoms with Crippen LogP contribution in [0.4, 0.5) is 18.9 Å².